The standard InChI is InChI=1S/C14H21N5S2/c1-3-19-6-4-10(5-7-19)17-14-11(12(15)18-21-14)13-16-9(2)8-20-13/h8,10,17H,3-7H2,1-2H3,(H2,15,18). The number of anilines is 2. The van der Waals surface area contributed by atoms with Gasteiger partial charge in [0, 0.05) is 30.2 Å². The molecule has 3 heterocycles. The summed E-state index contributed by atoms with van der Waals surface area (Å²) in [6, 6.07) is 0.507. The number of rotatable bonds is 4. The molecule has 2 aromatic rings. The first-order chi connectivity index (χ1) is 10.2. The van der Waals surface area contributed by atoms with E-state index in [9.17, 15) is 0 Å². The van der Waals surface area contributed by atoms with Crippen LogP contribution in [0.3, 0.4) is 0 Å². The number of thiazole rings is 1. The van der Waals surface area contributed by atoms with E-state index in [1.807, 2.05) is 6.92 Å². The Morgan fingerprint density at radius 2 is 2.19 bits per heavy atom. The van der Waals surface area contributed by atoms with Crippen molar-refractivity contribution in [1.82, 2.24) is 14.3 Å². The fourth-order valence-corrected chi connectivity index (χ4v) is 4.37. The number of nitrogens with two attached hydrogens (primary N) is 1. The second kappa shape index (κ2) is 6.29. The van der Waals surface area contributed by atoms with Gasteiger partial charge >= 0.3 is 0 Å². The van der Waals surface area contributed by atoms with E-state index in [-0.39, 0.29) is 0 Å². The van der Waals surface area contributed by atoms with Gasteiger partial charge in [0.05, 0.1) is 5.56 Å². The van der Waals surface area contributed by atoms with E-state index < -0.39 is 0 Å². The van der Waals surface area contributed by atoms with E-state index in [0.717, 1.165) is 40.9 Å². The van der Waals surface area contributed by atoms with Gasteiger partial charge in [-0.3, -0.25) is 0 Å². The minimum atomic E-state index is 0.507. The molecule has 0 saturated carbocycles. The first-order valence-electron chi connectivity index (χ1n) is 7.34. The highest BCUT2D eigenvalue weighted by Gasteiger charge is 2.22. The van der Waals surface area contributed by atoms with Crippen LogP contribution in [0.15, 0.2) is 5.38 Å². The molecular formula is C14H21N5S2. The summed E-state index contributed by atoms with van der Waals surface area (Å²) in [7, 11) is 0. The Labute approximate surface area is 133 Å². The van der Waals surface area contributed by atoms with Gasteiger partial charge in [0.1, 0.15) is 15.8 Å². The Hall–Kier alpha value is -1.18. The molecule has 5 nitrogen and oxygen atoms in total. The number of likely N-dealkylation sites (tertiary alicyclic amines) is 1. The maximum Gasteiger partial charge on any atom is 0.149 e. The Balaban J connectivity index is 1.75. The van der Waals surface area contributed by atoms with Crippen LogP contribution in [0.5, 0.6) is 0 Å². The maximum atomic E-state index is 6.05. The molecule has 0 radical (unpaired) electrons. The van der Waals surface area contributed by atoms with Gasteiger partial charge in [-0.05, 0) is 37.8 Å². The quantitative estimate of drug-likeness (QED) is 0.905. The molecule has 114 valence electrons. The Morgan fingerprint density at radius 1 is 1.43 bits per heavy atom. The van der Waals surface area contributed by atoms with E-state index >= 15 is 0 Å². The molecule has 0 amide bonds. The number of aryl methyl sites for hydroxylation is 1. The summed E-state index contributed by atoms with van der Waals surface area (Å²) < 4.78 is 4.31. The first-order valence-corrected chi connectivity index (χ1v) is 8.99. The molecular weight excluding hydrogens is 302 g/mol. The molecule has 1 aliphatic heterocycles. The fourth-order valence-electron chi connectivity index (χ4n) is 2.66. The number of nitrogens with zero attached hydrogens (tertiary/aromatic N) is 3. The Kier molecular flexibility index (Phi) is 4.42. The van der Waals surface area contributed by atoms with Crippen LogP contribution < -0.4 is 11.1 Å². The zero-order valence-corrected chi connectivity index (χ0v) is 14.1. The summed E-state index contributed by atoms with van der Waals surface area (Å²) in [5.74, 6) is 0.586. The van der Waals surface area contributed by atoms with Gasteiger partial charge < -0.3 is 16.0 Å². The second-order valence-corrected chi connectivity index (χ2v) is 7.05. The van der Waals surface area contributed by atoms with Gasteiger partial charge in [0.15, 0.2) is 0 Å². The summed E-state index contributed by atoms with van der Waals surface area (Å²) in [6.07, 6.45) is 2.34. The molecule has 0 spiro atoms. The lowest BCUT2D eigenvalue weighted by atomic mass is 10.1. The Bertz CT molecular complexity index is 598. The van der Waals surface area contributed by atoms with Gasteiger partial charge in [-0.15, -0.1) is 11.3 Å². The molecule has 0 atom stereocenters. The van der Waals surface area contributed by atoms with Crippen LogP contribution in [0.2, 0.25) is 0 Å². The summed E-state index contributed by atoms with van der Waals surface area (Å²) in [5.41, 5.74) is 8.06. The lowest BCUT2D eigenvalue weighted by molar-refractivity contribution is 0.230. The SMILES string of the molecule is CCN1CCC(Nc2snc(N)c2-c2nc(C)cs2)CC1. The summed E-state index contributed by atoms with van der Waals surface area (Å²) in [6.45, 7) is 7.69. The van der Waals surface area contributed by atoms with Crippen LogP contribution in [0.1, 0.15) is 25.5 Å². The first kappa shape index (κ1) is 14.7. The number of nitrogen functional groups attached to an aromatic ring is 1. The third-order valence-corrected chi connectivity index (χ3v) is 5.69. The lowest BCUT2D eigenvalue weighted by Gasteiger charge is -2.31. The van der Waals surface area contributed by atoms with Crippen molar-refractivity contribution in [3.8, 4) is 10.6 Å². The zero-order chi connectivity index (χ0) is 14.8. The van der Waals surface area contributed by atoms with Crippen LogP contribution in [0.4, 0.5) is 10.8 Å². The third kappa shape index (κ3) is 3.20. The number of aromatic nitrogens is 2. The van der Waals surface area contributed by atoms with Gasteiger partial charge in [-0.2, -0.15) is 4.37 Å². The highest BCUT2D eigenvalue weighted by atomic mass is 32.1. The summed E-state index contributed by atoms with van der Waals surface area (Å²) in [5, 5.41) is 7.72. The van der Waals surface area contributed by atoms with Crippen LogP contribution in [-0.4, -0.2) is 39.9 Å². The number of hydrogen-bond acceptors (Lipinski definition) is 7. The van der Waals surface area contributed by atoms with Gasteiger partial charge in [-0.25, -0.2) is 4.98 Å². The van der Waals surface area contributed by atoms with Crippen LogP contribution >= 0.6 is 22.9 Å². The summed E-state index contributed by atoms with van der Waals surface area (Å²) in [4.78, 5) is 7.04. The molecule has 0 bridgehead atoms. The van der Waals surface area contributed by atoms with Crippen LogP contribution in [0.25, 0.3) is 10.6 Å². The van der Waals surface area contributed by atoms with Crippen molar-refractivity contribution in [1.29, 1.82) is 0 Å². The predicted molar refractivity (Wildman–Crippen MR) is 91.1 cm³/mol. The van der Waals surface area contributed by atoms with Crippen molar-refractivity contribution < 1.29 is 0 Å². The van der Waals surface area contributed by atoms with Crippen LogP contribution in [-0.2, 0) is 0 Å². The van der Waals surface area contributed by atoms with Crippen molar-refractivity contribution in [3.63, 3.8) is 0 Å². The van der Waals surface area contributed by atoms with Gasteiger partial charge in [0.25, 0.3) is 0 Å². The highest BCUT2D eigenvalue weighted by molar-refractivity contribution is 7.15. The van der Waals surface area contributed by atoms with Gasteiger partial charge in [-0.1, -0.05) is 6.92 Å². The Morgan fingerprint density at radius 3 is 2.81 bits per heavy atom. The van der Waals surface area contributed by atoms with E-state index in [0.29, 0.717) is 11.9 Å². The average molecular weight is 323 g/mol. The summed E-state index contributed by atoms with van der Waals surface area (Å²) >= 11 is 3.08. The molecule has 1 aliphatic rings. The van der Waals surface area contributed by atoms with Crippen molar-refractivity contribution in [2.24, 2.45) is 0 Å². The number of piperidine rings is 1. The minimum Gasteiger partial charge on any atom is -0.382 e. The largest absolute Gasteiger partial charge is 0.382 e. The average Bonchev–Trinajstić information content (AvgIpc) is 3.06. The van der Waals surface area contributed by atoms with Crippen molar-refractivity contribution in [3.05, 3.63) is 11.1 Å². The van der Waals surface area contributed by atoms with Crippen molar-refractivity contribution in [2.45, 2.75) is 32.7 Å². The van der Waals surface area contributed by atoms with E-state index in [4.69, 9.17) is 5.73 Å². The molecule has 3 N–H and O–H groups in total. The van der Waals surface area contributed by atoms with E-state index in [1.54, 1.807) is 11.3 Å². The van der Waals surface area contributed by atoms with E-state index in [1.165, 1.54) is 24.4 Å². The van der Waals surface area contributed by atoms with Crippen molar-refractivity contribution in [2.75, 3.05) is 30.7 Å². The van der Waals surface area contributed by atoms with Gasteiger partial charge in [0.2, 0.25) is 0 Å². The normalized spacial score (nSPS) is 17.2. The zero-order valence-electron chi connectivity index (χ0n) is 12.4. The predicted octanol–water partition coefficient (Wildman–Crippen LogP) is 3.05. The molecule has 2 aromatic heterocycles. The second-order valence-electron chi connectivity index (χ2n) is 5.42. The van der Waals surface area contributed by atoms with Crippen LogP contribution in [0, 0.1) is 6.92 Å². The smallest absolute Gasteiger partial charge is 0.149 e. The molecule has 7 heteroatoms. The monoisotopic (exact) mass is 323 g/mol. The van der Waals surface area contributed by atoms with E-state index in [2.05, 4.69) is 31.9 Å². The highest BCUT2D eigenvalue weighted by Crippen LogP contribution is 2.39. The molecule has 0 aromatic carbocycles. The molecule has 1 fully saturated rings. The number of hydrogen-bond donors (Lipinski definition) is 2. The lowest BCUT2D eigenvalue weighted by Crippen LogP contribution is -2.38. The molecule has 0 aliphatic carbocycles. The molecule has 1 saturated heterocycles. The minimum absolute atomic E-state index is 0.507. The molecule has 0 unspecified atom stereocenters. The number of nitrogens with one attached hydrogen (secondary N) is 1. The van der Waals surface area contributed by atoms with Crippen molar-refractivity contribution >= 4 is 33.7 Å². The topological polar surface area (TPSA) is 67.1 Å². The maximum absolute atomic E-state index is 6.05. The molecule has 3 rings (SSSR count). The fraction of sp³-hybridized carbons (Fsp3) is 0.571. The third-order valence-electron chi connectivity index (χ3n) is 3.92. The molecule has 21 heavy (non-hydrogen) atoms.